The van der Waals surface area contributed by atoms with Crippen LogP contribution in [-0.2, 0) is 28.8 Å². The van der Waals surface area contributed by atoms with E-state index in [0.717, 1.165) is 48.1 Å². The van der Waals surface area contributed by atoms with Gasteiger partial charge in [0.15, 0.2) is 0 Å². The molecule has 0 spiro atoms. The largest absolute Gasteiger partial charge is 0.456 e. The fourth-order valence-corrected chi connectivity index (χ4v) is 5.32. The molecule has 5 aromatic rings. The predicted molar refractivity (Wildman–Crippen MR) is 178 cm³/mol. The summed E-state index contributed by atoms with van der Waals surface area (Å²) in [5.41, 5.74) is 5.27. The molecule has 0 aliphatic heterocycles. The molecular formula is C36H37ClN6O3. The summed E-state index contributed by atoms with van der Waals surface area (Å²) in [6.07, 6.45) is 7.53. The van der Waals surface area contributed by atoms with Crippen molar-refractivity contribution in [3.8, 4) is 5.69 Å². The number of amides is 1. The van der Waals surface area contributed by atoms with Crippen LogP contribution in [0.25, 0.3) is 5.69 Å². The molecule has 236 valence electrons. The Labute approximate surface area is 274 Å². The van der Waals surface area contributed by atoms with Gasteiger partial charge in [0.25, 0.3) is 0 Å². The summed E-state index contributed by atoms with van der Waals surface area (Å²) in [5, 5.41) is 15.2. The molecule has 0 aliphatic rings. The van der Waals surface area contributed by atoms with Gasteiger partial charge < -0.3 is 10.1 Å². The molecule has 46 heavy (non-hydrogen) atoms. The second kappa shape index (κ2) is 14.9. The number of aromatic nitrogens is 5. The topological polar surface area (TPSA) is 112 Å². The Morgan fingerprint density at radius 2 is 1.67 bits per heavy atom. The lowest BCUT2D eigenvalue weighted by molar-refractivity contribution is -0.117. The lowest BCUT2D eigenvalue weighted by Crippen LogP contribution is -2.24. The van der Waals surface area contributed by atoms with Crippen LogP contribution < -0.4 is 5.32 Å². The van der Waals surface area contributed by atoms with Crippen molar-refractivity contribution in [1.29, 1.82) is 0 Å². The van der Waals surface area contributed by atoms with Crippen LogP contribution in [-0.4, -0.2) is 42.7 Å². The molecule has 0 saturated heterocycles. The maximum absolute atomic E-state index is 13.6. The van der Waals surface area contributed by atoms with Crippen LogP contribution >= 0.6 is 11.6 Å². The average molecular weight is 637 g/mol. The highest BCUT2D eigenvalue weighted by Crippen LogP contribution is 2.24. The van der Waals surface area contributed by atoms with Crippen molar-refractivity contribution in [3.05, 3.63) is 130 Å². The molecule has 2 heterocycles. The minimum atomic E-state index is -0.588. The molecule has 1 N–H and O–H groups in total. The summed E-state index contributed by atoms with van der Waals surface area (Å²) < 4.78 is 7.09. The first-order valence-corrected chi connectivity index (χ1v) is 15.7. The summed E-state index contributed by atoms with van der Waals surface area (Å²) in [5.74, 6) is -1.08. The molecule has 0 radical (unpaired) electrons. The van der Waals surface area contributed by atoms with Gasteiger partial charge in [-0.1, -0.05) is 48.0 Å². The van der Waals surface area contributed by atoms with Crippen LogP contribution in [0, 0.1) is 0 Å². The van der Waals surface area contributed by atoms with Gasteiger partial charge in [-0.2, -0.15) is 0 Å². The van der Waals surface area contributed by atoms with Crippen molar-refractivity contribution >= 4 is 29.2 Å². The van der Waals surface area contributed by atoms with E-state index in [0.29, 0.717) is 28.4 Å². The number of hydrogen-bond acceptors (Lipinski definition) is 7. The number of unbranched alkanes of at least 4 members (excludes halogenated alkanes) is 1. The molecule has 0 fully saturated rings. The lowest BCUT2D eigenvalue weighted by atomic mass is 9.94. The number of halogens is 1. The number of anilines is 1. The van der Waals surface area contributed by atoms with Crippen LogP contribution in [0.3, 0.4) is 0 Å². The molecule has 2 aromatic heterocycles. The summed E-state index contributed by atoms with van der Waals surface area (Å²) >= 11 is 6.27. The number of rotatable bonds is 12. The first-order chi connectivity index (χ1) is 22.1. The van der Waals surface area contributed by atoms with Gasteiger partial charge >= 0.3 is 5.97 Å². The molecule has 3 aromatic carbocycles. The highest BCUT2D eigenvalue weighted by atomic mass is 35.5. The van der Waals surface area contributed by atoms with Crippen molar-refractivity contribution in [2.24, 2.45) is 0 Å². The van der Waals surface area contributed by atoms with Gasteiger partial charge in [0.1, 0.15) is 11.9 Å². The highest BCUT2D eigenvalue weighted by molar-refractivity contribution is 6.30. The average Bonchev–Trinajstić information content (AvgIpc) is 3.57. The molecule has 5 rings (SSSR count). The number of carbonyl (C=O) groups excluding carboxylic acids is 2. The van der Waals surface area contributed by atoms with E-state index in [2.05, 4.69) is 26.9 Å². The van der Waals surface area contributed by atoms with Gasteiger partial charge in [0, 0.05) is 16.9 Å². The van der Waals surface area contributed by atoms with Gasteiger partial charge in [0.2, 0.25) is 5.91 Å². The minimum Gasteiger partial charge on any atom is -0.456 e. The number of pyridine rings is 1. The van der Waals surface area contributed by atoms with Gasteiger partial charge in [-0.15, -0.1) is 5.10 Å². The van der Waals surface area contributed by atoms with Crippen LogP contribution in [0.15, 0.2) is 97.5 Å². The summed E-state index contributed by atoms with van der Waals surface area (Å²) in [6.45, 7) is 5.47. The molecule has 1 unspecified atom stereocenters. The fraction of sp³-hybridized carbons (Fsp3) is 0.278. The van der Waals surface area contributed by atoms with Crippen LogP contribution in [0.2, 0.25) is 5.02 Å². The smallest absolute Gasteiger partial charge is 0.338 e. The quantitative estimate of drug-likeness (QED) is 0.114. The van der Waals surface area contributed by atoms with Crippen LogP contribution in [0.5, 0.6) is 0 Å². The van der Waals surface area contributed by atoms with E-state index in [1.807, 2.05) is 81.6 Å². The Morgan fingerprint density at radius 3 is 2.35 bits per heavy atom. The minimum absolute atomic E-state index is 0.172. The summed E-state index contributed by atoms with van der Waals surface area (Å²) in [6, 6.07) is 26.4. The molecule has 9 nitrogen and oxygen atoms in total. The van der Waals surface area contributed by atoms with E-state index >= 15 is 0 Å². The maximum atomic E-state index is 13.6. The molecule has 0 bridgehead atoms. The summed E-state index contributed by atoms with van der Waals surface area (Å²) in [7, 11) is 0. The normalized spacial score (nSPS) is 12.0. The number of esters is 1. The SMILES string of the molecule is CC(C)(C)OC(=O)c1ccc(NC(=O)C(Cc2ccccc2)c2ccc(CCCCc3cc(Cl)ccc3-n3cnnn3)cn2)cc1. The maximum Gasteiger partial charge on any atom is 0.338 e. The number of tetrazole rings is 1. The number of nitrogens with zero attached hydrogens (tertiary/aromatic N) is 5. The zero-order valence-corrected chi connectivity index (χ0v) is 26.9. The lowest BCUT2D eigenvalue weighted by Gasteiger charge is -2.20. The van der Waals surface area contributed by atoms with Crippen molar-refractivity contribution in [3.63, 3.8) is 0 Å². The molecule has 0 saturated carbocycles. The Bertz CT molecular complexity index is 1740. The monoisotopic (exact) mass is 636 g/mol. The van der Waals surface area contributed by atoms with Gasteiger partial charge in [-0.3, -0.25) is 9.78 Å². The van der Waals surface area contributed by atoms with Gasteiger partial charge in [-0.25, -0.2) is 9.48 Å². The van der Waals surface area contributed by atoms with E-state index in [-0.39, 0.29) is 5.91 Å². The Balaban J connectivity index is 1.22. The first-order valence-electron chi connectivity index (χ1n) is 15.3. The van der Waals surface area contributed by atoms with E-state index < -0.39 is 17.5 Å². The fourth-order valence-electron chi connectivity index (χ4n) is 5.12. The Kier molecular flexibility index (Phi) is 10.5. The number of aryl methyl sites for hydroxylation is 2. The molecule has 1 atom stereocenters. The number of nitrogens with one attached hydrogen (secondary N) is 1. The van der Waals surface area contributed by atoms with E-state index in [1.54, 1.807) is 35.3 Å². The third-order valence-corrected chi connectivity index (χ3v) is 7.62. The number of ether oxygens (including phenoxy) is 1. The molecular weight excluding hydrogens is 600 g/mol. The van der Waals surface area contributed by atoms with Gasteiger partial charge in [0.05, 0.1) is 22.9 Å². The van der Waals surface area contributed by atoms with Crippen LogP contribution in [0.1, 0.15) is 72.3 Å². The second-order valence-corrected chi connectivity index (χ2v) is 12.6. The van der Waals surface area contributed by atoms with Crippen molar-refractivity contribution < 1.29 is 14.3 Å². The van der Waals surface area contributed by atoms with Crippen molar-refractivity contribution in [1.82, 2.24) is 25.2 Å². The van der Waals surface area contributed by atoms with Crippen LogP contribution in [0.4, 0.5) is 5.69 Å². The third kappa shape index (κ3) is 9.08. The highest BCUT2D eigenvalue weighted by Gasteiger charge is 2.23. The van der Waals surface area contributed by atoms with Gasteiger partial charge in [-0.05, 0) is 129 Å². The molecule has 1 amide bonds. The van der Waals surface area contributed by atoms with Crippen molar-refractivity contribution in [2.45, 2.75) is 64.4 Å². The molecule has 0 aliphatic carbocycles. The Morgan fingerprint density at radius 1 is 0.913 bits per heavy atom. The van der Waals surface area contributed by atoms with E-state index in [4.69, 9.17) is 21.3 Å². The van der Waals surface area contributed by atoms with E-state index in [1.165, 1.54) is 0 Å². The predicted octanol–water partition coefficient (Wildman–Crippen LogP) is 7.20. The second-order valence-electron chi connectivity index (χ2n) is 12.1. The zero-order valence-electron chi connectivity index (χ0n) is 26.2. The first kappa shape index (κ1) is 32.5. The molecule has 10 heteroatoms. The standard InChI is InChI=1S/C36H37ClN6O3/c1-36(2,3)46-35(45)27-14-17-30(18-15-27)40-34(44)31(21-25-9-5-4-6-10-25)32-19-13-26(23-38-32)11-7-8-12-28-22-29(37)16-20-33(28)43-24-39-41-42-43/h4-6,9-10,13-20,22-24,31H,7-8,11-12,21H2,1-3H3,(H,40,44). The number of benzene rings is 3. The summed E-state index contributed by atoms with van der Waals surface area (Å²) in [4.78, 5) is 30.8. The third-order valence-electron chi connectivity index (χ3n) is 7.39. The van der Waals surface area contributed by atoms with Crippen molar-refractivity contribution in [2.75, 3.05) is 5.32 Å². The Hall–Kier alpha value is -4.89. The number of carbonyl (C=O) groups is 2. The zero-order chi connectivity index (χ0) is 32.5. The number of hydrogen-bond donors (Lipinski definition) is 1. The van der Waals surface area contributed by atoms with E-state index in [9.17, 15) is 9.59 Å².